The van der Waals surface area contributed by atoms with Crippen LogP contribution in [0.3, 0.4) is 0 Å². The molecule has 0 amide bonds. The molecule has 2 N–H and O–H groups in total. The zero-order chi connectivity index (χ0) is 25.4. The first kappa shape index (κ1) is 28.1. The quantitative estimate of drug-likeness (QED) is 0.344. The second kappa shape index (κ2) is 12.5. The number of nitrogens with zero attached hydrogens (tertiary/aromatic N) is 2. The zero-order valence-electron chi connectivity index (χ0n) is 20.0. The number of nitrogens with one attached hydrogen (secondary N) is 1. The number of methoxy groups -OCH3 is 1. The normalized spacial score (nSPS) is 17.4. The number of pyridine rings is 1. The summed E-state index contributed by atoms with van der Waals surface area (Å²) in [6.45, 7) is 5.76. The summed E-state index contributed by atoms with van der Waals surface area (Å²) in [5.41, 5.74) is -0.377. The van der Waals surface area contributed by atoms with E-state index >= 15 is 0 Å². The smallest absolute Gasteiger partial charge is 0.305 e. The fourth-order valence-corrected chi connectivity index (χ4v) is 4.72. The molecule has 2 rings (SSSR count). The molecule has 0 spiro atoms. The number of aromatic nitrogens is 1. The lowest BCUT2D eigenvalue weighted by Crippen LogP contribution is -2.39. The van der Waals surface area contributed by atoms with E-state index in [1.165, 1.54) is 29.7 Å². The van der Waals surface area contributed by atoms with E-state index in [0.29, 0.717) is 32.3 Å². The monoisotopic (exact) mass is 503 g/mol. The van der Waals surface area contributed by atoms with E-state index in [1.54, 1.807) is 20.8 Å². The number of carbonyl (C=O) groups excluding carboxylic acids is 1. The van der Waals surface area contributed by atoms with Crippen LogP contribution in [-0.2, 0) is 24.3 Å². The Morgan fingerprint density at radius 2 is 2.03 bits per heavy atom. The highest BCUT2D eigenvalue weighted by atomic mass is 32.2. The number of sulfonamides is 1. The van der Waals surface area contributed by atoms with Crippen LogP contribution in [0.5, 0.6) is 5.88 Å². The van der Waals surface area contributed by atoms with Gasteiger partial charge in [-0.25, -0.2) is 17.8 Å². The summed E-state index contributed by atoms with van der Waals surface area (Å²) >= 11 is 0. The number of aliphatic hydroxyl groups is 1. The van der Waals surface area contributed by atoms with Gasteiger partial charge in [0.25, 0.3) is 0 Å². The third-order valence-corrected chi connectivity index (χ3v) is 7.01. The molecule has 1 fully saturated rings. The number of hydrogen-bond donors (Lipinski definition) is 2. The zero-order valence-corrected chi connectivity index (χ0v) is 20.8. The highest BCUT2D eigenvalue weighted by Crippen LogP contribution is 2.26. The maximum Gasteiger partial charge on any atom is 0.305 e. The average Bonchev–Trinajstić information content (AvgIpc) is 2.78. The highest BCUT2D eigenvalue weighted by molar-refractivity contribution is 7.89. The highest BCUT2D eigenvalue weighted by Gasteiger charge is 2.30. The number of hydrogen-bond acceptors (Lipinski definition) is 9. The van der Waals surface area contributed by atoms with Gasteiger partial charge in [0, 0.05) is 37.7 Å². The largest absolute Gasteiger partial charge is 0.473 e. The minimum atomic E-state index is -3.73. The second-order valence-corrected chi connectivity index (χ2v) is 10.9. The first-order chi connectivity index (χ1) is 15.9. The van der Waals surface area contributed by atoms with Crippen LogP contribution in [0, 0.1) is 5.92 Å². The molecule has 1 aliphatic heterocycles. The third-order valence-electron chi connectivity index (χ3n) is 5.13. The molecule has 12 heteroatoms. The Morgan fingerprint density at radius 1 is 1.35 bits per heavy atom. The lowest BCUT2D eigenvalue weighted by atomic mass is 9.95. The van der Waals surface area contributed by atoms with Crippen molar-refractivity contribution in [3.05, 3.63) is 30.2 Å². The van der Waals surface area contributed by atoms with Gasteiger partial charge in [0.2, 0.25) is 22.3 Å². The summed E-state index contributed by atoms with van der Waals surface area (Å²) in [5.74, 6) is -0.0696. The van der Waals surface area contributed by atoms with Gasteiger partial charge in [-0.2, -0.15) is 4.31 Å². The van der Waals surface area contributed by atoms with Gasteiger partial charge in [0.15, 0.2) is 0 Å². The molecule has 0 radical (unpaired) electrons. The van der Waals surface area contributed by atoms with Crippen LogP contribution in [0.4, 0.5) is 4.39 Å². The first-order valence-corrected chi connectivity index (χ1v) is 12.4. The molecule has 34 heavy (non-hydrogen) atoms. The van der Waals surface area contributed by atoms with Crippen molar-refractivity contribution in [1.29, 1.82) is 0 Å². The molecule has 192 valence electrons. The van der Waals surface area contributed by atoms with E-state index in [2.05, 4.69) is 15.0 Å². The Balaban J connectivity index is 1.86. The van der Waals surface area contributed by atoms with Crippen LogP contribution in [-0.4, -0.2) is 74.1 Å². The summed E-state index contributed by atoms with van der Waals surface area (Å²) in [6, 6.07) is 2.79. The van der Waals surface area contributed by atoms with Crippen molar-refractivity contribution in [2.75, 3.05) is 33.4 Å². The Hall–Kier alpha value is -2.12. The van der Waals surface area contributed by atoms with Gasteiger partial charge in [0.05, 0.1) is 25.2 Å². The molecule has 0 bridgehead atoms. The van der Waals surface area contributed by atoms with E-state index in [-0.39, 0.29) is 47.8 Å². The number of carbonyl (C=O) groups is 1. The minimum absolute atomic E-state index is 0.0217. The molecule has 1 atom stereocenters. The van der Waals surface area contributed by atoms with Gasteiger partial charge >= 0.3 is 5.97 Å². The molecule has 0 aromatic carbocycles. The summed E-state index contributed by atoms with van der Waals surface area (Å²) in [5, 5.41) is 12.4. The van der Waals surface area contributed by atoms with E-state index in [1.807, 2.05) is 0 Å². The maximum atomic E-state index is 13.2. The fourth-order valence-electron chi connectivity index (χ4n) is 3.31. The summed E-state index contributed by atoms with van der Waals surface area (Å²) in [6.07, 6.45) is 1.71. The summed E-state index contributed by atoms with van der Waals surface area (Å²) in [4.78, 5) is 15.5. The Bertz CT molecular complexity index is 925. The van der Waals surface area contributed by atoms with Crippen molar-refractivity contribution in [3.63, 3.8) is 0 Å². The molecule has 1 aliphatic rings. The molecule has 0 saturated carbocycles. The molecule has 1 aromatic heterocycles. The lowest BCUT2D eigenvalue weighted by molar-refractivity contribution is -0.180. The van der Waals surface area contributed by atoms with Crippen LogP contribution < -0.4 is 10.1 Å². The minimum Gasteiger partial charge on any atom is -0.473 e. The average molecular weight is 504 g/mol. The van der Waals surface area contributed by atoms with E-state index in [0.717, 1.165) is 0 Å². The van der Waals surface area contributed by atoms with Crippen LogP contribution in [0.25, 0.3) is 0 Å². The number of esters is 1. The predicted octanol–water partition coefficient (Wildman–Crippen LogP) is 1.96. The SMILES string of the molecule is COC(=O)CC1CCN(S(=O)(=O)c2ccc(OCC(=CF)CNC(O)OC(C)(C)C)nc2)CC1. The molecule has 1 saturated heterocycles. The van der Waals surface area contributed by atoms with E-state index in [9.17, 15) is 22.7 Å². The van der Waals surface area contributed by atoms with Gasteiger partial charge in [-0.1, -0.05) is 0 Å². The molecule has 1 unspecified atom stereocenters. The first-order valence-electron chi connectivity index (χ1n) is 11.0. The molecule has 2 heterocycles. The van der Waals surface area contributed by atoms with Crippen molar-refractivity contribution < 1.29 is 36.9 Å². The molecular formula is C22H34FN3O7S. The van der Waals surface area contributed by atoms with Crippen molar-refractivity contribution in [1.82, 2.24) is 14.6 Å². The second-order valence-electron chi connectivity index (χ2n) is 8.98. The van der Waals surface area contributed by atoms with Gasteiger partial charge in [-0.15, -0.1) is 0 Å². The van der Waals surface area contributed by atoms with Crippen molar-refractivity contribution in [2.24, 2.45) is 5.92 Å². The molecular weight excluding hydrogens is 469 g/mol. The van der Waals surface area contributed by atoms with Crippen molar-refractivity contribution in [3.8, 4) is 5.88 Å². The molecule has 0 aliphatic carbocycles. The molecule has 1 aromatic rings. The topological polar surface area (TPSA) is 127 Å². The third kappa shape index (κ3) is 8.91. The van der Waals surface area contributed by atoms with Gasteiger partial charge in [0.1, 0.15) is 11.5 Å². The predicted molar refractivity (Wildman–Crippen MR) is 122 cm³/mol. The Morgan fingerprint density at radius 3 is 2.56 bits per heavy atom. The van der Waals surface area contributed by atoms with Gasteiger partial charge in [-0.05, 0) is 45.6 Å². The summed E-state index contributed by atoms with van der Waals surface area (Å²) < 4.78 is 55.7. The van der Waals surface area contributed by atoms with Crippen LogP contribution in [0.15, 0.2) is 35.1 Å². The van der Waals surface area contributed by atoms with E-state index < -0.39 is 22.0 Å². The number of rotatable bonds is 11. The summed E-state index contributed by atoms with van der Waals surface area (Å²) in [7, 11) is -2.39. The van der Waals surface area contributed by atoms with Gasteiger partial charge in [-0.3, -0.25) is 10.1 Å². The Labute approximate surface area is 200 Å². The number of aliphatic hydroxyl groups excluding tert-OH is 1. The van der Waals surface area contributed by atoms with Crippen molar-refractivity contribution in [2.45, 2.75) is 56.9 Å². The van der Waals surface area contributed by atoms with Gasteiger partial charge < -0.3 is 19.3 Å². The van der Waals surface area contributed by atoms with E-state index in [4.69, 9.17) is 9.47 Å². The lowest BCUT2D eigenvalue weighted by Gasteiger charge is -2.30. The number of halogens is 1. The molecule has 10 nitrogen and oxygen atoms in total. The van der Waals surface area contributed by atoms with Crippen LogP contribution in [0.2, 0.25) is 0 Å². The maximum absolute atomic E-state index is 13.2. The van der Waals surface area contributed by atoms with Crippen molar-refractivity contribution >= 4 is 16.0 Å². The standard InChI is InChI=1S/C22H34FN3O7S/c1-22(2,3)33-21(28)25-13-17(12-23)15-32-19-6-5-18(14-24-19)34(29,30)26-9-7-16(8-10-26)11-20(27)31-4/h5-6,12,14,16,21,25,28H,7-11,13,15H2,1-4H3. The number of ether oxygens (including phenoxy) is 3. The van der Waals surface area contributed by atoms with Crippen LogP contribution >= 0.6 is 0 Å². The Kier molecular flexibility index (Phi) is 10.4. The number of piperidine rings is 1. The fraction of sp³-hybridized carbons (Fsp3) is 0.636. The van der Waals surface area contributed by atoms with Crippen LogP contribution in [0.1, 0.15) is 40.0 Å².